The van der Waals surface area contributed by atoms with E-state index >= 15 is 0 Å². The topological polar surface area (TPSA) is 73.5 Å². The maximum atomic E-state index is 12.0. The molecule has 1 aliphatic heterocycles. The fraction of sp³-hybridized carbons (Fsp3) is 0.857. The standard InChI is InChI=1S/C14H28N4O2/c1-4-15-10-12-6-8-18(9-7-12)11(3)13(19)17-14(20)16-5-2/h11-12,15H,4-10H2,1-3H3,(H2,16,17,19,20). The SMILES string of the molecule is CCNCC1CCN(C(C)C(=O)NC(=O)NCC)CC1. The van der Waals surface area contributed by atoms with Gasteiger partial charge in [0.1, 0.15) is 0 Å². The first-order chi connectivity index (χ1) is 9.58. The molecule has 0 bridgehead atoms. The lowest BCUT2D eigenvalue weighted by atomic mass is 9.95. The summed E-state index contributed by atoms with van der Waals surface area (Å²) >= 11 is 0. The Morgan fingerprint density at radius 2 is 1.85 bits per heavy atom. The monoisotopic (exact) mass is 284 g/mol. The lowest BCUT2D eigenvalue weighted by Gasteiger charge is -2.35. The van der Waals surface area contributed by atoms with Gasteiger partial charge in [0.2, 0.25) is 5.91 Å². The summed E-state index contributed by atoms with van der Waals surface area (Å²) in [6.45, 7) is 10.2. The van der Waals surface area contributed by atoms with Crippen LogP contribution in [0.4, 0.5) is 4.79 Å². The van der Waals surface area contributed by atoms with Gasteiger partial charge in [-0.25, -0.2) is 4.79 Å². The van der Waals surface area contributed by atoms with Crippen LogP contribution in [0, 0.1) is 5.92 Å². The highest BCUT2D eigenvalue weighted by molar-refractivity contribution is 5.96. The Hall–Kier alpha value is -1.14. The van der Waals surface area contributed by atoms with Crippen LogP contribution < -0.4 is 16.0 Å². The van der Waals surface area contributed by atoms with Crippen LogP contribution in [-0.4, -0.2) is 55.6 Å². The summed E-state index contributed by atoms with van der Waals surface area (Å²) in [4.78, 5) is 25.4. The van der Waals surface area contributed by atoms with Gasteiger partial charge in [0, 0.05) is 6.54 Å². The number of urea groups is 1. The average molecular weight is 284 g/mol. The molecule has 0 saturated carbocycles. The predicted octanol–water partition coefficient (Wildman–Crippen LogP) is 0.542. The van der Waals surface area contributed by atoms with Crippen LogP contribution in [0.5, 0.6) is 0 Å². The van der Waals surface area contributed by atoms with Crippen molar-refractivity contribution in [1.82, 2.24) is 20.9 Å². The van der Waals surface area contributed by atoms with Crippen LogP contribution in [-0.2, 0) is 4.79 Å². The van der Waals surface area contributed by atoms with E-state index in [1.807, 2.05) is 13.8 Å². The van der Waals surface area contributed by atoms with Crippen molar-refractivity contribution in [2.45, 2.75) is 39.7 Å². The minimum absolute atomic E-state index is 0.221. The summed E-state index contributed by atoms with van der Waals surface area (Å²) in [5.41, 5.74) is 0. The highest BCUT2D eigenvalue weighted by Crippen LogP contribution is 2.18. The molecule has 0 spiro atoms. The van der Waals surface area contributed by atoms with Crippen molar-refractivity contribution in [3.8, 4) is 0 Å². The molecule has 0 aliphatic carbocycles. The van der Waals surface area contributed by atoms with Gasteiger partial charge in [-0.15, -0.1) is 0 Å². The normalized spacial score (nSPS) is 18.6. The van der Waals surface area contributed by atoms with Crippen LogP contribution in [0.1, 0.15) is 33.6 Å². The highest BCUT2D eigenvalue weighted by Gasteiger charge is 2.27. The second kappa shape index (κ2) is 8.92. The van der Waals surface area contributed by atoms with E-state index in [-0.39, 0.29) is 11.9 Å². The fourth-order valence-electron chi connectivity index (χ4n) is 2.48. The third kappa shape index (κ3) is 5.46. The number of nitrogens with zero attached hydrogens (tertiary/aromatic N) is 1. The Labute approximate surface area is 121 Å². The first-order valence-corrected chi connectivity index (χ1v) is 7.61. The number of piperidine rings is 1. The molecular weight excluding hydrogens is 256 g/mol. The van der Waals surface area contributed by atoms with Crippen LogP contribution in [0.3, 0.4) is 0 Å². The molecule has 0 radical (unpaired) electrons. The Morgan fingerprint density at radius 3 is 2.40 bits per heavy atom. The molecule has 6 nitrogen and oxygen atoms in total. The largest absolute Gasteiger partial charge is 0.338 e. The molecule has 1 rings (SSSR count). The fourth-order valence-corrected chi connectivity index (χ4v) is 2.48. The zero-order valence-corrected chi connectivity index (χ0v) is 12.9. The summed E-state index contributed by atoms with van der Waals surface area (Å²) in [7, 11) is 0. The predicted molar refractivity (Wildman–Crippen MR) is 79.5 cm³/mol. The molecule has 0 aromatic carbocycles. The number of amides is 3. The Balaban J connectivity index is 2.32. The van der Waals surface area contributed by atoms with Crippen molar-refractivity contribution in [2.75, 3.05) is 32.7 Å². The molecule has 1 saturated heterocycles. The number of carbonyl (C=O) groups is 2. The molecule has 116 valence electrons. The van der Waals surface area contributed by atoms with E-state index in [1.165, 1.54) is 0 Å². The third-order valence-corrected chi connectivity index (χ3v) is 3.83. The number of hydrogen-bond donors (Lipinski definition) is 3. The number of rotatable bonds is 6. The third-order valence-electron chi connectivity index (χ3n) is 3.83. The summed E-state index contributed by atoms with van der Waals surface area (Å²) in [5, 5.41) is 8.32. The number of likely N-dealkylation sites (tertiary alicyclic amines) is 1. The lowest BCUT2D eigenvalue weighted by molar-refractivity contribution is -0.125. The molecule has 6 heteroatoms. The van der Waals surface area contributed by atoms with E-state index in [0.717, 1.165) is 39.0 Å². The summed E-state index contributed by atoms with van der Waals surface area (Å²) in [5.74, 6) is 0.478. The van der Waals surface area contributed by atoms with Crippen LogP contribution in [0.15, 0.2) is 0 Å². The highest BCUT2D eigenvalue weighted by atomic mass is 16.2. The van der Waals surface area contributed by atoms with E-state index in [2.05, 4.69) is 27.8 Å². The van der Waals surface area contributed by atoms with E-state index in [4.69, 9.17) is 0 Å². The summed E-state index contributed by atoms with van der Waals surface area (Å²) in [6.07, 6.45) is 2.21. The van der Waals surface area contributed by atoms with E-state index in [9.17, 15) is 9.59 Å². The molecule has 3 amide bonds. The Morgan fingerprint density at radius 1 is 1.20 bits per heavy atom. The maximum Gasteiger partial charge on any atom is 0.321 e. The van der Waals surface area contributed by atoms with Gasteiger partial charge in [-0.2, -0.15) is 0 Å². The molecule has 1 atom stereocenters. The van der Waals surface area contributed by atoms with Gasteiger partial charge in [0.15, 0.2) is 0 Å². The molecule has 3 N–H and O–H groups in total. The number of nitrogens with one attached hydrogen (secondary N) is 3. The van der Waals surface area contributed by atoms with Gasteiger partial charge in [-0.05, 0) is 58.8 Å². The second-order valence-electron chi connectivity index (χ2n) is 5.31. The van der Waals surface area contributed by atoms with E-state index in [0.29, 0.717) is 12.5 Å². The number of carbonyl (C=O) groups excluding carboxylic acids is 2. The summed E-state index contributed by atoms with van der Waals surface area (Å²) < 4.78 is 0. The summed E-state index contributed by atoms with van der Waals surface area (Å²) in [6, 6.07) is -0.663. The van der Waals surface area contributed by atoms with E-state index in [1.54, 1.807) is 0 Å². The molecule has 20 heavy (non-hydrogen) atoms. The van der Waals surface area contributed by atoms with Gasteiger partial charge in [-0.1, -0.05) is 6.92 Å². The minimum atomic E-state index is -0.411. The van der Waals surface area contributed by atoms with Crippen LogP contribution in [0.25, 0.3) is 0 Å². The van der Waals surface area contributed by atoms with Crippen LogP contribution >= 0.6 is 0 Å². The van der Waals surface area contributed by atoms with Crippen molar-refractivity contribution < 1.29 is 9.59 Å². The molecular formula is C14H28N4O2. The van der Waals surface area contributed by atoms with Crippen LogP contribution in [0.2, 0.25) is 0 Å². The second-order valence-corrected chi connectivity index (χ2v) is 5.31. The Bertz CT molecular complexity index is 314. The molecule has 1 fully saturated rings. The number of imide groups is 1. The van der Waals surface area contributed by atoms with Crippen molar-refractivity contribution in [3.05, 3.63) is 0 Å². The number of hydrogen-bond acceptors (Lipinski definition) is 4. The zero-order valence-electron chi connectivity index (χ0n) is 12.9. The van der Waals surface area contributed by atoms with E-state index < -0.39 is 6.03 Å². The van der Waals surface area contributed by atoms with Crippen molar-refractivity contribution in [2.24, 2.45) is 5.92 Å². The smallest absolute Gasteiger partial charge is 0.321 e. The van der Waals surface area contributed by atoms with Gasteiger partial charge >= 0.3 is 6.03 Å². The first kappa shape index (κ1) is 16.9. The molecule has 1 aliphatic rings. The van der Waals surface area contributed by atoms with Gasteiger partial charge in [0.05, 0.1) is 6.04 Å². The molecule has 1 heterocycles. The van der Waals surface area contributed by atoms with Crippen molar-refractivity contribution in [1.29, 1.82) is 0 Å². The maximum absolute atomic E-state index is 12.0. The molecule has 0 aromatic rings. The molecule has 1 unspecified atom stereocenters. The van der Waals surface area contributed by atoms with Gasteiger partial charge < -0.3 is 10.6 Å². The Kier molecular flexibility index (Phi) is 7.54. The van der Waals surface area contributed by atoms with Gasteiger partial charge in [0.25, 0.3) is 0 Å². The van der Waals surface area contributed by atoms with Crippen molar-refractivity contribution >= 4 is 11.9 Å². The first-order valence-electron chi connectivity index (χ1n) is 7.61. The average Bonchev–Trinajstić information content (AvgIpc) is 2.45. The molecule has 0 aromatic heterocycles. The minimum Gasteiger partial charge on any atom is -0.338 e. The lowest BCUT2D eigenvalue weighted by Crippen LogP contribution is -2.51. The zero-order chi connectivity index (χ0) is 15.0. The van der Waals surface area contributed by atoms with Gasteiger partial charge in [-0.3, -0.25) is 15.0 Å². The van der Waals surface area contributed by atoms with Crippen molar-refractivity contribution in [3.63, 3.8) is 0 Å². The quantitative estimate of drug-likeness (QED) is 0.666.